The minimum atomic E-state index is 0.160. The van der Waals surface area contributed by atoms with Crippen molar-refractivity contribution in [3.8, 4) is 0 Å². The number of nitrogens with zero attached hydrogens (tertiary/aromatic N) is 1. The number of hydrogen-bond donors (Lipinski definition) is 0. The summed E-state index contributed by atoms with van der Waals surface area (Å²) in [5.74, 6) is 0. The van der Waals surface area contributed by atoms with E-state index in [1.165, 1.54) is 4.90 Å². The highest BCUT2D eigenvalue weighted by atomic mass is 35.5. The average Bonchev–Trinajstić information content (AvgIpc) is 1.72. The van der Waals surface area contributed by atoms with Crippen LogP contribution < -0.4 is 0 Å². The third-order valence-corrected chi connectivity index (χ3v) is 1.07. The normalized spacial score (nSPS) is 8.29. The molecule has 1 amide bonds. The van der Waals surface area contributed by atoms with Crippen LogP contribution in [0.25, 0.3) is 0 Å². The molecule has 0 radical (unpaired) electrons. The smallest absolute Gasteiger partial charge is 0.211 e. The summed E-state index contributed by atoms with van der Waals surface area (Å²) in [6.07, 6.45) is 0.597. The van der Waals surface area contributed by atoms with E-state index in [0.29, 0.717) is 6.41 Å². The second kappa shape index (κ2) is 4.22. The van der Waals surface area contributed by atoms with Crippen LogP contribution in [0.4, 0.5) is 0 Å². The van der Waals surface area contributed by atoms with Gasteiger partial charge in [0.15, 0.2) is 0 Å². The van der Waals surface area contributed by atoms with E-state index in [4.69, 9.17) is 23.2 Å². The molecule has 0 N–H and O–H groups in total. The van der Waals surface area contributed by atoms with Gasteiger partial charge in [0.1, 0.15) is 0 Å². The van der Waals surface area contributed by atoms with Gasteiger partial charge in [0, 0.05) is 0 Å². The summed E-state index contributed by atoms with van der Waals surface area (Å²) in [6.45, 7) is 0. The van der Waals surface area contributed by atoms with Crippen LogP contribution in [0, 0.1) is 0 Å². The summed E-state index contributed by atoms with van der Waals surface area (Å²) in [6, 6.07) is 0.319. The van der Waals surface area contributed by atoms with Crippen LogP contribution in [0.1, 0.15) is 0 Å². The molecule has 0 rings (SSSR count). The van der Waals surface area contributed by atoms with Crippen molar-refractivity contribution < 1.29 is 4.79 Å². The lowest BCUT2D eigenvalue weighted by molar-refractivity contribution is -0.116. The number of carbonyl (C=O) groups is 1. The lowest BCUT2D eigenvalue weighted by atomic mass is 11.0. The standard InChI is InChI=1S/C3H5Cl2NO/c4-1-6(2-5)3-7/h3H,1-2H2. The van der Waals surface area contributed by atoms with Gasteiger partial charge in [-0.05, 0) is 0 Å². The predicted molar refractivity (Wildman–Crippen MR) is 29.3 cm³/mol. The Kier molecular flexibility index (Phi) is 4.25. The summed E-state index contributed by atoms with van der Waals surface area (Å²) in [5, 5.41) is 0. The number of amides is 1. The van der Waals surface area contributed by atoms with E-state index in [9.17, 15) is 4.79 Å². The average molecular weight is 142 g/mol. The molecule has 0 spiro atoms. The van der Waals surface area contributed by atoms with Crippen LogP contribution in [0.5, 0.6) is 0 Å². The predicted octanol–water partition coefficient (Wildman–Crippen LogP) is 0.837. The molecule has 0 aliphatic rings. The van der Waals surface area contributed by atoms with Crippen LogP contribution in [0.2, 0.25) is 0 Å². The highest BCUT2D eigenvalue weighted by Gasteiger charge is 1.90. The largest absolute Gasteiger partial charge is 0.318 e. The van der Waals surface area contributed by atoms with E-state index in [2.05, 4.69) is 0 Å². The molecule has 0 aromatic heterocycles. The molecule has 0 bridgehead atoms. The molecular weight excluding hydrogens is 137 g/mol. The summed E-state index contributed by atoms with van der Waals surface area (Å²) in [5.41, 5.74) is 0. The second-order valence-electron chi connectivity index (χ2n) is 0.933. The monoisotopic (exact) mass is 141 g/mol. The Hall–Kier alpha value is 0.0500. The molecular formula is C3H5Cl2NO. The van der Waals surface area contributed by atoms with Gasteiger partial charge in [-0.25, -0.2) is 0 Å². The molecule has 0 unspecified atom stereocenters. The molecule has 2 nitrogen and oxygen atoms in total. The van der Waals surface area contributed by atoms with Gasteiger partial charge in [-0.15, -0.1) is 23.2 Å². The first-order valence-electron chi connectivity index (χ1n) is 1.66. The molecule has 0 aliphatic heterocycles. The van der Waals surface area contributed by atoms with Gasteiger partial charge < -0.3 is 4.90 Å². The Morgan fingerprint density at radius 3 is 1.86 bits per heavy atom. The Bertz CT molecular complexity index is 54.9. The van der Waals surface area contributed by atoms with Crippen molar-refractivity contribution in [1.82, 2.24) is 4.90 Å². The van der Waals surface area contributed by atoms with Gasteiger partial charge in [-0.3, -0.25) is 4.79 Å². The second-order valence-corrected chi connectivity index (χ2v) is 1.41. The summed E-state index contributed by atoms with van der Waals surface area (Å²) in [4.78, 5) is 10.9. The summed E-state index contributed by atoms with van der Waals surface area (Å²) < 4.78 is 0. The molecule has 7 heavy (non-hydrogen) atoms. The van der Waals surface area contributed by atoms with Crippen molar-refractivity contribution in [3.05, 3.63) is 0 Å². The fraction of sp³-hybridized carbons (Fsp3) is 0.667. The van der Waals surface area contributed by atoms with Crippen molar-refractivity contribution in [1.29, 1.82) is 0 Å². The van der Waals surface area contributed by atoms with Crippen molar-refractivity contribution >= 4 is 29.6 Å². The number of halogens is 2. The maximum Gasteiger partial charge on any atom is 0.211 e. The van der Waals surface area contributed by atoms with E-state index in [1.54, 1.807) is 0 Å². The Balaban J connectivity index is 3.16. The van der Waals surface area contributed by atoms with Crippen molar-refractivity contribution in [3.63, 3.8) is 0 Å². The first-order valence-corrected chi connectivity index (χ1v) is 2.73. The van der Waals surface area contributed by atoms with E-state index in [0.717, 1.165) is 0 Å². The van der Waals surface area contributed by atoms with E-state index < -0.39 is 0 Å². The van der Waals surface area contributed by atoms with Gasteiger partial charge in [-0.1, -0.05) is 0 Å². The zero-order valence-electron chi connectivity index (χ0n) is 3.60. The van der Waals surface area contributed by atoms with E-state index in [1.807, 2.05) is 0 Å². The van der Waals surface area contributed by atoms with Gasteiger partial charge >= 0.3 is 0 Å². The Morgan fingerprint density at radius 1 is 1.43 bits per heavy atom. The highest BCUT2D eigenvalue weighted by molar-refractivity contribution is 6.20. The van der Waals surface area contributed by atoms with Crippen LogP contribution >= 0.6 is 23.2 Å². The molecule has 4 heteroatoms. The fourth-order valence-electron chi connectivity index (χ4n) is 0.0883. The van der Waals surface area contributed by atoms with Crippen LogP contribution in [-0.4, -0.2) is 23.3 Å². The topological polar surface area (TPSA) is 20.3 Å². The molecule has 0 saturated carbocycles. The minimum absolute atomic E-state index is 0.160. The first-order chi connectivity index (χ1) is 3.35. The molecule has 0 atom stereocenters. The quantitative estimate of drug-likeness (QED) is 0.324. The maximum atomic E-state index is 9.72. The minimum Gasteiger partial charge on any atom is -0.318 e. The number of alkyl halides is 2. The lowest BCUT2D eigenvalue weighted by Gasteiger charge is -2.05. The summed E-state index contributed by atoms with van der Waals surface area (Å²) >= 11 is 10.4. The van der Waals surface area contributed by atoms with Crippen LogP contribution in [-0.2, 0) is 4.79 Å². The third-order valence-electron chi connectivity index (χ3n) is 0.456. The van der Waals surface area contributed by atoms with Crippen molar-refractivity contribution in [2.75, 3.05) is 12.0 Å². The summed E-state index contributed by atoms with van der Waals surface area (Å²) in [7, 11) is 0. The maximum absolute atomic E-state index is 9.72. The zero-order valence-corrected chi connectivity index (χ0v) is 5.11. The number of carbonyl (C=O) groups excluding carboxylic acids is 1. The third kappa shape index (κ3) is 2.71. The molecule has 0 aromatic carbocycles. The van der Waals surface area contributed by atoms with Gasteiger partial charge in [0.2, 0.25) is 6.41 Å². The van der Waals surface area contributed by atoms with Gasteiger partial charge in [0.05, 0.1) is 12.0 Å². The number of rotatable bonds is 3. The van der Waals surface area contributed by atoms with Gasteiger partial charge in [-0.2, -0.15) is 0 Å². The van der Waals surface area contributed by atoms with E-state index in [-0.39, 0.29) is 12.0 Å². The molecule has 0 heterocycles. The zero-order chi connectivity index (χ0) is 5.70. The fourth-order valence-corrected chi connectivity index (χ4v) is 0.457. The van der Waals surface area contributed by atoms with Crippen molar-refractivity contribution in [2.24, 2.45) is 0 Å². The molecule has 0 fully saturated rings. The SMILES string of the molecule is O=CN(CCl)CCl. The molecule has 0 saturated heterocycles. The van der Waals surface area contributed by atoms with Gasteiger partial charge in [0.25, 0.3) is 0 Å². The molecule has 42 valence electrons. The Labute approximate surface area is 52.0 Å². The molecule has 0 aromatic rings. The molecule has 0 aliphatic carbocycles. The van der Waals surface area contributed by atoms with E-state index >= 15 is 0 Å². The highest BCUT2D eigenvalue weighted by Crippen LogP contribution is 1.86. The number of hydrogen-bond acceptors (Lipinski definition) is 1. The van der Waals surface area contributed by atoms with Crippen molar-refractivity contribution in [2.45, 2.75) is 0 Å². The van der Waals surface area contributed by atoms with Crippen LogP contribution in [0.15, 0.2) is 0 Å². The lowest BCUT2D eigenvalue weighted by Crippen LogP contribution is -2.17. The Morgan fingerprint density at radius 2 is 1.86 bits per heavy atom. The van der Waals surface area contributed by atoms with Crippen LogP contribution in [0.3, 0.4) is 0 Å². The first kappa shape index (κ1) is 7.05.